The summed E-state index contributed by atoms with van der Waals surface area (Å²) in [6.07, 6.45) is 0.369. The van der Waals surface area contributed by atoms with Gasteiger partial charge in [-0.05, 0) is 67.9 Å². The van der Waals surface area contributed by atoms with Crippen LogP contribution in [0.3, 0.4) is 0 Å². The van der Waals surface area contributed by atoms with E-state index < -0.39 is 18.2 Å². The fourth-order valence-corrected chi connectivity index (χ4v) is 4.42. The van der Waals surface area contributed by atoms with E-state index in [-0.39, 0.29) is 17.7 Å². The van der Waals surface area contributed by atoms with E-state index in [4.69, 9.17) is 19.5 Å². The quantitative estimate of drug-likeness (QED) is 0.664. The molecule has 2 aliphatic heterocycles. The highest BCUT2D eigenvalue weighted by molar-refractivity contribution is 5.50. The lowest BCUT2D eigenvalue weighted by atomic mass is 9.80. The Morgan fingerprint density at radius 1 is 1.21 bits per heavy atom. The molecule has 1 spiro atoms. The van der Waals surface area contributed by atoms with Crippen molar-refractivity contribution >= 4 is 5.69 Å². The number of halogens is 1. The first-order valence-corrected chi connectivity index (χ1v) is 11.2. The Balaban J connectivity index is 1.47. The van der Waals surface area contributed by atoms with Crippen LogP contribution in [-0.4, -0.2) is 57.5 Å². The van der Waals surface area contributed by atoms with Crippen LogP contribution in [0.2, 0.25) is 0 Å². The van der Waals surface area contributed by atoms with Gasteiger partial charge in [0.1, 0.15) is 6.10 Å². The molecule has 0 saturated carbocycles. The summed E-state index contributed by atoms with van der Waals surface area (Å²) >= 11 is 0. The second-order valence-electron chi connectivity index (χ2n) is 8.82. The summed E-state index contributed by atoms with van der Waals surface area (Å²) in [5, 5.41) is 23.4. The zero-order chi connectivity index (χ0) is 23.3. The lowest BCUT2D eigenvalue weighted by Crippen LogP contribution is -2.52. The standard InChI is InChI=1S/C25H30FN3O4/c1-31-23-7-4-19(12-21(23)26)14-29(20-5-2-18(13-27)3-6-20)15-22(30)24-32-16-25(17-33-24)8-10-28-11-9-25/h2-7,12,22,24,28,30H,8-11,14-17H2,1H3. The summed E-state index contributed by atoms with van der Waals surface area (Å²) < 4.78 is 31.2. The molecule has 1 atom stereocenters. The summed E-state index contributed by atoms with van der Waals surface area (Å²) in [6, 6.07) is 14.0. The highest BCUT2D eigenvalue weighted by Crippen LogP contribution is 2.34. The molecule has 2 aromatic rings. The van der Waals surface area contributed by atoms with Gasteiger partial charge >= 0.3 is 0 Å². The lowest BCUT2D eigenvalue weighted by molar-refractivity contribution is -0.264. The van der Waals surface area contributed by atoms with E-state index in [0.717, 1.165) is 37.2 Å². The van der Waals surface area contributed by atoms with Crippen molar-refractivity contribution in [3.8, 4) is 11.8 Å². The van der Waals surface area contributed by atoms with E-state index in [9.17, 15) is 9.50 Å². The van der Waals surface area contributed by atoms with Gasteiger partial charge < -0.3 is 29.5 Å². The maximum Gasteiger partial charge on any atom is 0.185 e. The van der Waals surface area contributed by atoms with Crippen LogP contribution < -0.4 is 15.0 Å². The molecule has 2 N–H and O–H groups in total. The number of hydrogen-bond donors (Lipinski definition) is 2. The molecular weight excluding hydrogens is 425 g/mol. The highest BCUT2D eigenvalue weighted by Gasteiger charge is 2.40. The Hall–Kier alpha value is -2.70. The average molecular weight is 456 g/mol. The predicted molar refractivity (Wildman–Crippen MR) is 121 cm³/mol. The summed E-state index contributed by atoms with van der Waals surface area (Å²) in [5.41, 5.74) is 2.09. The van der Waals surface area contributed by atoms with Crippen molar-refractivity contribution in [1.29, 1.82) is 5.26 Å². The minimum Gasteiger partial charge on any atom is -0.494 e. The smallest absolute Gasteiger partial charge is 0.185 e. The maximum atomic E-state index is 14.3. The normalized spacial score (nSPS) is 19.1. The fraction of sp³-hybridized carbons (Fsp3) is 0.480. The molecule has 2 aliphatic rings. The molecule has 2 aromatic carbocycles. The SMILES string of the molecule is COc1ccc(CN(CC(O)C2OCC3(CCNCC3)CO2)c2ccc(C#N)cc2)cc1F. The molecule has 2 heterocycles. The molecule has 0 bridgehead atoms. The first-order valence-electron chi connectivity index (χ1n) is 11.2. The van der Waals surface area contributed by atoms with Gasteiger partial charge in [-0.2, -0.15) is 5.26 Å². The van der Waals surface area contributed by atoms with Crippen LogP contribution in [0.15, 0.2) is 42.5 Å². The van der Waals surface area contributed by atoms with Crippen molar-refractivity contribution in [3.63, 3.8) is 0 Å². The Morgan fingerprint density at radius 2 is 1.91 bits per heavy atom. The fourth-order valence-electron chi connectivity index (χ4n) is 4.42. The number of aliphatic hydroxyl groups excluding tert-OH is 1. The third-order valence-electron chi connectivity index (χ3n) is 6.44. The highest BCUT2D eigenvalue weighted by atomic mass is 19.1. The molecule has 7 nitrogen and oxygen atoms in total. The largest absolute Gasteiger partial charge is 0.494 e. The van der Waals surface area contributed by atoms with Crippen LogP contribution in [0.25, 0.3) is 0 Å². The molecular formula is C25H30FN3O4. The van der Waals surface area contributed by atoms with Gasteiger partial charge in [0, 0.05) is 24.2 Å². The van der Waals surface area contributed by atoms with E-state index in [2.05, 4.69) is 11.4 Å². The molecule has 0 radical (unpaired) electrons. The second kappa shape index (κ2) is 10.5. The van der Waals surface area contributed by atoms with Crippen molar-refractivity contribution in [2.75, 3.05) is 44.9 Å². The lowest BCUT2D eigenvalue weighted by Gasteiger charge is -2.44. The third-order valence-corrected chi connectivity index (χ3v) is 6.44. The number of nitrogens with one attached hydrogen (secondary N) is 1. The Bertz CT molecular complexity index is 963. The monoisotopic (exact) mass is 455 g/mol. The van der Waals surface area contributed by atoms with Gasteiger partial charge in [-0.3, -0.25) is 0 Å². The molecule has 0 aromatic heterocycles. The van der Waals surface area contributed by atoms with Crippen molar-refractivity contribution in [1.82, 2.24) is 5.32 Å². The number of benzene rings is 2. The topological polar surface area (TPSA) is 87.0 Å². The Labute approximate surface area is 193 Å². The molecule has 0 amide bonds. The number of piperidine rings is 1. The number of methoxy groups -OCH3 is 1. The number of nitrogens with zero attached hydrogens (tertiary/aromatic N) is 2. The van der Waals surface area contributed by atoms with Gasteiger partial charge in [-0.1, -0.05) is 6.07 Å². The van der Waals surface area contributed by atoms with Gasteiger partial charge in [0.05, 0.1) is 32.0 Å². The number of aliphatic hydroxyl groups is 1. The van der Waals surface area contributed by atoms with E-state index in [1.54, 1.807) is 24.3 Å². The summed E-state index contributed by atoms with van der Waals surface area (Å²) in [5.74, 6) is -0.263. The van der Waals surface area contributed by atoms with Crippen LogP contribution in [0, 0.1) is 22.6 Å². The first-order chi connectivity index (χ1) is 16.0. The summed E-state index contributed by atoms with van der Waals surface area (Å²) in [7, 11) is 1.43. The predicted octanol–water partition coefficient (Wildman–Crippen LogP) is 2.82. The van der Waals surface area contributed by atoms with Crippen LogP contribution >= 0.6 is 0 Å². The number of hydrogen-bond acceptors (Lipinski definition) is 7. The molecule has 2 fully saturated rings. The molecule has 33 heavy (non-hydrogen) atoms. The van der Waals surface area contributed by atoms with Crippen molar-refractivity contribution < 1.29 is 23.7 Å². The van der Waals surface area contributed by atoms with E-state index in [0.29, 0.717) is 25.3 Å². The maximum absolute atomic E-state index is 14.3. The van der Waals surface area contributed by atoms with Crippen LogP contribution in [0.5, 0.6) is 5.75 Å². The summed E-state index contributed by atoms with van der Waals surface area (Å²) in [4.78, 5) is 1.93. The van der Waals surface area contributed by atoms with Gasteiger partial charge in [0.25, 0.3) is 0 Å². The van der Waals surface area contributed by atoms with Crippen LogP contribution in [0.1, 0.15) is 24.0 Å². The molecule has 4 rings (SSSR count). The number of ether oxygens (including phenoxy) is 3. The van der Waals surface area contributed by atoms with Crippen LogP contribution in [0.4, 0.5) is 10.1 Å². The second-order valence-corrected chi connectivity index (χ2v) is 8.82. The van der Waals surface area contributed by atoms with E-state index >= 15 is 0 Å². The zero-order valence-electron chi connectivity index (χ0n) is 18.8. The van der Waals surface area contributed by atoms with Crippen LogP contribution in [-0.2, 0) is 16.0 Å². The van der Waals surface area contributed by atoms with Gasteiger partial charge in [-0.15, -0.1) is 0 Å². The number of rotatable bonds is 7. The minimum absolute atomic E-state index is 0.0227. The molecule has 8 heteroatoms. The van der Waals surface area contributed by atoms with E-state index in [1.807, 2.05) is 17.0 Å². The number of anilines is 1. The van der Waals surface area contributed by atoms with Crippen molar-refractivity contribution in [2.24, 2.45) is 5.41 Å². The third kappa shape index (κ3) is 5.63. The minimum atomic E-state index is -0.900. The molecule has 0 aliphatic carbocycles. The average Bonchev–Trinajstić information content (AvgIpc) is 2.85. The number of nitriles is 1. The van der Waals surface area contributed by atoms with Gasteiger partial charge in [0.15, 0.2) is 17.9 Å². The Kier molecular flexibility index (Phi) is 7.46. The molecule has 1 unspecified atom stereocenters. The van der Waals surface area contributed by atoms with Gasteiger partial charge in [-0.25, -0.2) is 4.39 Å². The first kappa shape index (κ1) is 23.5. The van der Waals surface area contributed by atoms with Crippen molar-refractivity contribution in [2.45, 2.75) is 31.8 Å². The Morgan fingerprint density at radius 3 is 2.52 bits per heavy atom. The van der Waals surface area contributed by atoms with E-state index in [1.165, 1.54) is 13.2 Å². The van der Waals surface area contributed by atoms with Gasteiger partial charge in [0.2, 0.25) is 0 Å². The molecule has 2 saturated heterocycles. The molecule has 176 valence electrons. The summed E-state index contributed by atoms with van der Waals surface area (Å²) in [6.45, 7) is 3.61. The zero-order valence-corrected chi connectivity index (χ0v) is 18.8. The van der Waals surface area contributed by atoms with Crippen molar-refractivity contribution in [3.05, 3.63) is 59.4 Å².